The Morgan fingerprint density at radius 2 is 2.11 bits per heavy atom. The molecule has 2 unspecified atom stereocenters. The summed E-state index contributed by atoms with van der Waals surface area (Å²) < 4.78 is 5.99. The van der Waals surface area contributed by atoms with Gasteiger partial charge in [-0.1, -0.05) is 0 Å². The molecule has 2 fully saturated rings. The minimum absolute atomic E-state index is 0.0936. The molecular formula is C20H30N6O. The highest BCUT2D eigenvalue weighted by atomic mass is 16.5. The van der Waals surface area contributed by atoms with Gasteiger partial charge in [0.15, 0.2) is 0 Å². The Labute approximate surface area is 160 Å². The predicted molar refractivity (Wildman–Crippen MR) is 110 cm³/mol. The maximum absolute atomic E-state index is 8.52. The third-order valence-corrected chi connectivity index (χ3v) is 5.32. The molecule has 7 nitrogen and oxygen atoms in total. The van der Waals surface area contributed by atoms with Crippen molar-refractivity contribution in [3.05, 3.63) is 35.5 Å². The quantitative estimate of drug-likeness (QED) is 0.357. The van der Waals surface area contributed by atoms with Crippen molar-refractivity contribution in [1.29, 1.82) is 5.41 Å². The zero-order chi connectivity index (χ0) is 19.8. The second-order valence-corrected chi connectivity index (χ2v) is 7.85. The largest absolute Gasteiger partial charge is 0.488 e. The Morgan fingerprint density at radius 1 is 1.41 bits per heavy atom. The molecule has 7 N–H and O–H groups in total. The van der Waals surface area contributed by atoms with E-state index < -0.39 is 0 Å². The van der Waals surface area contributed by atoms with Crippen molar-refractivity contribution < 1.29 is 4.74 Å². The van der Waals surface area contributed by atoms with Crippen LogP contribution in [0.15, 0.2) is 35.0 Å². The summed E-state index contributed by atoms with van der Waals surface area (Å²) in [7, 11) is 1.72. The van der Waals surface area contributed by atoms with Gasteiger partial charge in [-0.3, -0.25) is 10.4 Å². The minimum Gasteiger partial charge on any atom is -0.488 e. The summed E-state index contributed by atoms with van der Waals surface area (Å²) in [4.78, 5) is 6.47. The number of amidine groups is 1. The molecule has 7 heteroatoms. The molecule has 2 aliphatic rings. The average molecular weight is 371 g/mol. The van der Waals surface area contributed by atoms with E-state index in [0.29, 0.717) is 22.7 Å². The molecule has 0 bridgehead atoms. The van der Waals surface area contributed by atoms with Crippen LogP contribution in [0.3, 0.4) is 0 Å². The number of nitrogen functional groups attached to an aromatic ring is 1. The maximum Gasteiger partial charge on any atom is 0.125 e. The van der Waals surface area contributed by atoms with E-state index in [0.717, 1.165) is 31.6 Å². The standard InChI is InChI=1S/C20H30N6O/c1-12-8-13(21)11-26(12)18(25-3)10-17(23)19(24)15-9-14(4-5-16(15)22)27-20(2)6-7-20/h4-5,9-10,12-13,24H,6-8,11,21-23H2,1-3H3. The van der Waals surface area contributed by atoms with Crippen LogP contribution in [0, 0.1) is 5.41 Å². The molecule has 0 spiro atoms. The normalized spacial score (nSPS) is 24.8. The minimum atomic E-state index is -0.0936. The summed E-state index contributed by atoms with van der Waals surface area (Å²) in [6.07, 6.45) is 4.72. The third kappa shape index (κ3) is 4.24. The Morgan fingerprint density at radius 3 is 2.67 bits per heavy atom. The highest BCUT2D eigenvalue weighted by Gasteiger charge is 2.40. The van der Waals surface area contributed by atoms with Crippen LogP contribution >= 0.6 is 0 Å². The molecule has 0 aromatic heterocycles. The van der Waals surface area contributed by atoms with Crippen LogP contribution < -0.4 is 21.9 Å². The summed E-state index contributed by atoms with van der Waals surface area (Å²) in [5.41, 5.74) is 19.8. The van der Waals surface area contributed by atoms with Gasteiger partial charge in [0.25, 0.3) is 0 Å². The number of benzene rings is 1. The number of likely N-dealkylation sites (tertiary alicyclic amines) is 1. The average Bonchev–Trinajstić information content (AvgIpc) is 3.25. The van der Waals surface area contributed by atoms with Gasteiger partial charge in [0.05, 0.1) is 11.4 Å². The zero-order valence-electron chi connectivity index (χ0n) is 16.3. The summed E-state index contributed by atoms with van der Waals surface area (Å²) in [6, 6.07) is 5.80. The smallest absolute Gasteiger partial charge is 0.125 e. The third-order valence-electron chi connectivity index (χ3n) is 5.32. The topological polar surface area (TPSA) is 127 Å². The summed E-state index contributed by atoms with van der Waals surface area (Å²) in [5.74, 6) is 1.44. The zero-order valence-corrected chi connectivity index (χ0v) is 16.3. The first-order valence-corrected chi connectivity index (χ1v) is 9.36. The van der Waals surface area contributed by atoms with Crippen LogP contribution in [0.4, 0.5) is 5.69 Å². The highest BCUT2D eigenvalue weighted by Crippen LogP contribution is 2.40. The summed E-state index contributed by atoms with van der Waals surface area (Å²) in [5, 5.41) is 8.52. The lowest BCUT2D eigenvalue weighted by Crippen LogP contribution is -2.35. The SMILES string of the molecule is CN=C(C=C(N)C(=N)c1cc(OC2(C)CC2)ccc1N)N1CC(N)CC1C. The molecule has 1 aliphatic carbocycles. The predicted octanol–water partition coefficient (Wildman–Crippen LogP) is 1.86. The Balaban J connectivity index is 1.81. The van der Waals surface area contributed by atoms with Crippen LogP contribution in [0.5, 0.6) is 5.75 Å². The van der Waals surface area contributed by atoms with E-state index in [1.165, 1.54) is 0 Å². The van der Waals surface area contributed by atoms with E-state index in [1.807, 2.05) is 6.07 Å². The molecule has 1 aromatic carbocycles. The molecule has 0 amide bonds. The molecule has 1 heterocycles. The van der Waals surface area contributed by atoms with E-state index in [4.69, 9.17) is 27.3 Å². The summed E-state index contributed by atoms with van der Waals surface area (Å²) in [6.45, 7) is 4.92. The fourth-order valence-corrected chi connectivity index (χ4v) is 3.41. The van der Waals surface area contributed by atoms with Crippen LogP contribution in [-0.2, 0) is 0 Å². The van der Waals surface area contributed by atoms with Gasteiger partial charge in [-0.05, 0) is 51.3 Å². The van der Waals surface area contributed by atoms with Crippen LogP contribution in [0.1, 0.15) is 38.7 Å². The second kappa shape index (κ2) is 7.23. The Bertz CT molecular complexity index is 796. The van der Waals surface area contributed by atoms with E-state index >= 15 is 0 Å². The maximum atomic E-state index is 8.52. The first-order chi connectivity index (χ1) is 12.7. The Hall–Kier alpha value is -2.54. The fourth-order valence-electron chi connectivity index (χ4n) is 3.41. The molecule has 2 atom stereocenters. The molecule has 146 valence electrons. The van der Waals surface area contributed by atoms with E-state index in [9.17, 15) is 0 Å². The van der Waals surface area contributed by atoms with E-state index in [-0.39, 0.29) is 23.4 Å². The lowest BCUT2D eigenvalue weighted by Gasteiger charge is -2.23. The van der Waals surface area contributed by atoms with Gasteiger partial charge in [0.2, 0.25) is 0 Å². The van der Waals surface area contributed by atoms with Crippen molar-refractivity contribution >= 4 is 17.2 Å². The van der Waals surface area contributed by atoms with Gasteiger partial charge in [-0.25, -0.2) is 0 Å². The molecule has 1 aromatic rings. The van der Waals surface area contributed by atoms with Crippen molar-refractivity contribution in [3.8, 4) is 5.75 Å². The van der Waals surface area contributed by atoms with Crippen molar-refractivity contribution in [2.75, 3.05) is 19.3 Å². The van der Waals surface area contributed by atoms with Gasteiger partial charge < -0.3 is 26.8 Å². The number of hydrogen-bond donors (Lipinski definition) is 4. The summed E-state index contributed by atoms with van der Waals surface area (Å²) >= 11 is 0. The number of nitrogens with zero attached hydrogens (tertiary/aromatic N) is 2. The monoisotopic (exact) mass is 370 g/mol. The van der Waals surface area contributed by atoms with Crippen molar-refractivity contribution in [2.45, 2.75) is 50.8 Å². The highest BCUT2D eigenvalue weighted by molar-refractivity contribution is 6.16. The molecule has 1 saturated carbocycles. The number of nitrogens with one attached hydrogen (secondary N) is 1. The first-order valence-electron chi connectivity index (χ1n) is 9.36. The second-order valence-electron chi connectivity index (χ2n) is 7.85. The van der Waals surface area contributed by atoms with Crippen molar-refractivity contribution in [2.24, 2.45) is 16.5 Å². The molecule has 3 rings (SSSR count). The lowest BCUT2D eigenvalue weighted by atomic mass is 10.0. The molecule has 1 saturated heterocycles. The van der Waals surface area contributed by atoms with Crippen LogP contribution in [-0.4, -0.2) is 47.7 Å². The first kappa shape index (κ1) is 19.2. The number of rotatable bonds is 5. The number of allylic oxidation sites excluding steroid dienone is 1. The van der Waals surface area contributed by atoms with Crippen molar-refractivity contribution in [1.82, 2.24) is 4.90 Å². The van der Waals surface area contributed by atoms with Gasteiger partial charge in [-0.15, -0.1) is 0 Å². The molecule has 1 aliphatic heterocycles. The molecule has 27 heavy (non-hydrogen) atoms. The fraction of sp³-hybridized carbons (Fsp3) is 0.500. The number of hydrogen-bond acceptors (Lipinski definition) is 6. The molecular weight excluding hydrogens is 340 g/mol. The Kier molecular flexibility index (Phi) is 5.15. The van der Waals surface area contributed by atoms with Gasteiger partial charge in [0, 0.05) is 43.0 Å². The van der Waals surface area contributed by atoms with Gasteiger partial charge >= 0.3 is 0 Å². The molecule has 0 radical (unpaired) electrons. The number of nitrogens with two attached hydrogens (primary N) is 3. The van der Waals surface area contributed by atoms with E-state index in [1.54, 1.807) is 25.3 Å². The van der Waals surface area contributed by atoms with Crippen LogP contribution in [0.2, 0.25) is 0 Å². The van der Waals surface area contributed by atoms with Crippen LogP contribution in [0.25, 0.3) is 0 Å². The van der Waals surface area contributed by atoms with Crippen molar-refractivity contribution in [3.63, 3.8) is 0 Å². The van der Waals surface area contributed by atoms with E-state index in [2.05, 4.69) is 23.7 Å². The number of aliphatic imine (C=N–C) groups is 1. The van der Waals surface area contributed by atoms with Gasteiger partial charge in [0.1, 0.15) is 17.2 Å². The number of anilines is 1. The van der Waals surface area contributed by atoms with Gasteiger partial charge in [-0.2, -0.15) is 0 Å². The lowest BCUT2D eigenvalue weighted by molar-refractivity contribution is 0.200. The number of ether oxygens (including phenoxy) is 1.